The van der Waals surface area contributed by atoms with Crippen molar-refractivity contribution in [2.45, 2.75) is 6.42 Å². The summed E-state index contributed by atoms with van der Waals surface area (Å²) < 4.78 is 0. The topological polar surface area (TPSA) is 17.1 Å². The second kappa shape index (κ2) is 1.11. The van der Waals surface area contributed by atoms with Crippen molar-refractivity contribution in [2.75, 3.05) is 0 Å². The molecule has 0 aromatic heterocycles. The summed E-state index contributed by atoms with van der Waals surface area (Å²) in [5.74, 6) is 1.78. The van der Waals surface area contributed by atoms with E-state index in [1.807, 2.05) is 6.08 Å². The molecule has 0 N–H and O–H groups in total. The minimum absolute atomic E-state index is 0.787. The van der Waals surface area contributed by atoms with Gasteiger partial charge in [-0.1, -0.05) is 12.2 Å². The Morgan fingerprint density at radius 1 is 1.83 bits per heavy atom. The summed E-state index contributed by atoms with van der Waals surface area (Å²) in [6, 6.07) is 0. The van der Waals surface area contributed by atoms with Crippen molar-refractivity contribution in [1.29, 1.82) is 0 Å². The summed E-state index contributed by atoms with van der Waals surface area (Å²) in [4.78, 5) is 9.57. The van der Waals surface area contributed by atoms with Gasteiger partial charge in [-0.25, -0.2) is 4.79 Å². The number of carbonyl (C=O) groups excluding carboxylic acids is 1. The zero-order valence-electron chi connectivity index (χ0n) is 3.27. The zero-order valence-corrected chi connectivity index (χ0v) is 3.27. The van der Waals surface area contributed by atoms with Gasteiger partial charge >= 0.3 is 0 Å². The van der Waals surface area contributed by atoms with E-state index in [9.17, 15) is 4.79 Å². The number of rotatable bonds is 0. The van der Waals surface area contributed by atoms with Crippen molar-refractivity contribution in [3.8, 4) is 0 Å². The van der Waals surface area contributed by atoms with Crippen LogP contribution in [0.3, 0.4) is 0 Å². The van der Waals surface area contributed by atoms with Gasteiger partial charge < -0.3 is 0 Å². The van der Waals surface area contributed by atoms with E-state index in [1.165, 1.54) is 0 Å². The van der Waals surface area contributed by atoms with E-state index >= 15 is 0 Å². The fourth-order valence-corrected chi connectivity index (χ4v) is 0.311. The van der Waals surface area contributed by atoms with Gasteiger partial charge in [0.15, 0.2) is 0 Å². The molecule has 0 radical (unpaired) electrons. The molecule has 0 fully saturated rings. The third-order valence-electron chi connectivity index (χ3n) is 0.788. The van der Waals surface area contributed by atoms with Gasteiger partial charge in [0, 0.05) is 12.0 Å². The van der Waals surface area contributed by atoms with Crippen molar-refractivity contribution in [2.24, 2.45) is 0 Å². The molecule has 0 atom stereocenters. The van der Waals surface area contributed by atoms with Crippen LogP contribution in [-0.4, -0.2) is 5.94 Å². The Hall–Kier alpha value is -0.810. The highest BCUT2D eigenvalue weighted by Gasteiger charge is 1.96. The molecular formula is C5H4O. The van der Waals surface area contributed by atoms with Gasteiger partial charge in [0.1, 0.15) is 5.94 Å². The van der Waals surface area contributed by atoms with E-state index in [0.29, 0.717) is 0 Å². The Balaban J connectivity index is 2.86. The second-order valence-corrected chi connectivity index (χ2v) is 1.23. The maximum Gasteiger partial charge on any atom is 0.128 e. The van der Waals surface area contributed by atoms with Crippen LogP contribution < -0.4 is 0 Å². The Kier molecular flexibility index (Phi) is 0.627. The monoisotopic (exact) mass is 80.0 g/mol. The summed E-state index contributed by atoms with van der Waals surface area (Å²) in [7, 11) is 0. The Morgan fingerprint density at radius 3 is 2.50 bits per heavy atom. The quantitative estimate of drug-likeness (QED) is 0.391. The fourth-order valence-electron chi connectivity index (χ4n) is 0.311. The smallest absolute Gasteiger partial charge is 0.128 e. The molecule has 0 aliphatic heterocycles. The van der Waals surface area contributed by atoms with Crippen LogP contribution in [0.4, 0.5) is 0 Å². The first-order valence-corrected chi connectivity index (χ1v) is 1.84. The molecule has 1 heteroatoms. The average Bonchev–Trinajstić information content (AvgIpc) is 1.31. The van der Waals surface area contributed by atoms with Crippen molar-refractivity contribution in [3.05, 3.63) is 17.7 Å². The molecule has 0 bridgehead atoms. The van der Waals surface area contributed by atoms with E-state index in [4.69, 9.17) is 0 Å². The molecule has 0 aromatic carbocycles. The predicted molar refractivity (Wildman–Crippen MR) is 23.0 cm³/mol. The molecule has 1 nitrogen and oxygen atoms in total. The maximum absolute atomic E-state index is 9.57. The van der Waals surface area contributed by atoms with E-state index in [0.717, 1.165) is 12.0 Å². The molecule has 6 heavy (non-hydrogen) atoms. The van der Waals surface area contributed by atoms with Gasteiger partial charge in [-0.05, 0) is 0 Å². The number of hydrogen-bond acceptors (Lipinski definition) is 1. The minimum atomic E-state index is 0.787. The van der Waals surface area contributed by atoms with Crippen LogP contribution in [0.5, 0.6) is 0 Å². The predicted octanol–water partition coefficient (Wildman–Crippen LogP) is 0.704. The molecule has 0 spiro atoms. The summed E-state index contributed by atoms with van der Waals surface area (Å²) in [5.41, 5.74) is 0.787. The first-order valence-electron chi connectivity index (χ1n) is 1.84. The first-order chi connectivity index (χ1) is 2.93. The third kappa shape index (κ3) is 0.296. The van der Waals surface area contributed by atoms with E-state index in [1.54, 1.807) is 12.0 Å². The Labute approximate surface area is 36.0 Å². The molecule has 0 amide bonds. The highest BCUT2D eigenvalue weighted by Crippen LogP contribution is 2.09. The minimum Gasteiger partial charge on any atom is -0.233 e. The molecule has 1 aliphatic rings. The highest BCUT2D eigenvalue weighted by molar-refractivity contribution is 5.61. The van der Waals surface area contributed by atoms with Crippen molar-refractivity contribution < 1.29 is 4.79 Å². The lowest BCUT2D eigenvalue weighted by molar-refractivity contribution is 0.567. The average molecular weight is 80.1 g/mol. The highest BCUT2D eigenvalue weighted by atomic mass is 16.1. The molecule has 0 aromatic rings. The largest absolute Gasteiger partial charge is 0.233 e. The van der Waals surface area contributed by atoms with E-state index < -0.39 is 0 Å². The van der Waals surface area contributed by atoms with Crippen LogP contribution in [-0.2, 0) is 4.79 Å². The van der Waals surface area contributed by atoms with Gasteiger partial charge in [-0.2, -0.15) is 0 Å². The van der Waals surface area contributed by atoms with E-state index in [2.05, 4.69) is 0 Å². The maximum atomic E-state index is 9.57. The van der Waals surface area contributed by atoms with Crippen LogP contribution in [0.2, 0.25) is 0 Å². The lowest BCUT2D eigenvalue weighted by atomic mass is 10.1. The summed E-state index contributed by atoms with van der Waals surface area (Å²) in [5, 5.41) is 0. The van der Waals surface area contributed by atoms with Crippen molar-refractivity contribution in [3.63, 3.8) is 0 Å². The van der Waals surface area contributed by atoms with Gasteiger partial charge in [0.2, 0.25) is 0 Å². The molecule has 30 valence electrons. The summed E-state index contributed by atoms with van der Waals surface area (Å²) >= 11 is 0. The van der Waals surface area contributed by atoms with Gasteiger partial charge in [-0.15, -0.1) is 0 Å². The molecule has 0 heterocycles. The third-order valence-corrected chi connectivity index (χ3v) is 0.788. The second-order valence-electron chi connectivity index (χ2n) is 1.23. The SMILES string of the molecule is O=C=C1C=CC1. The van der Waals surface area contributed by atoms with Crippen LogP contribution in [0.25, 0.3) is 0 Å². The van der Waals surface area contributed by atoms with Crippen LogP contribution in [0.1, 0.15) is 6.42 Å². The molecule has 1 rings (SSSR count). The fraction of sp³-hybridized carbons (Fsp3) is 0.200. The Morgan fingerprint density at radius 2 is 2.50 bits per heavy atom. The molecule has 0 saturated heterocycles. The summed E-state index contributed by atoms with van der Waals surface area (Å²) in [6.07, 6.45) is 4.52. The van der Waals surface area contributed by atoms with Gasteiger partial charge in [-0.3, -0.25) is 0 Å². The zero-order chi connectivity index (χ0) is 4.41. The molecule has 0 saturated carbocycles. The van der Waals surface area contributed by atoms with Gasteiger partial charge in [0.05, 0.1) is 0 Å². The number of hydrogen-bond donors (Lipinski definition) is 0. The van der Waals surface area contributed by atoms with Crippen molar-refractivity contribution in [1.82, 2.24) is 0 Å². The first kappa shape index (κ1) is 3.38. The molecule has 1 aliphatic carbocycles. The van der Waals surface area contributed by atoms with Gasteiger partial charge in [0.25, 0.3) is 0 Å². The lowest BCUT2D eigenvalue weighted by Crippen LogP contribution is -1.84. The Bertz CT molecular complexity index is 127. The standard InChI is InChI=1S/C5H4O/c6-4-5-2-1-3-5/h1-2H,3H2. The molecular weight excluding hydrogens is 76.1 g/mol. The number of allylic oxidation sites excluding steroid dienone is 3. The van der Waals surface area contributed by atoms with E-state index in [-0.39, 0.29) is 0 Å². The summed E-state index contributed by atoms with van der Waals surface area (Å²) in [6.45, 7) is 0. The van der Waals surface area contributed by atoms with Crippen LogP contribution >= 0.6 is 0 Å². The molecule has 0 unspecified atom stereocenters. The normalized spacial score (nSPS) is 16.3. The lowest BCUT2D eigenvalue weighted by Gasteiger charge is -1.96. The van der Waals surface area contributed by atoms with Crippen LogP contribution in [0, 0.1) is 0 Å². The van der Waals surface area contributed by atoms with Crippen molar-refractivity contribution >= 4 is 5.94 Å². The van der Waals surface area contributed by atoms with Crippen LogP contribution in [0.15, 0.2) is 17.7 Å².